The van der Waals surface area contributed by atoms with Crippen LogP contribution in [0.5, 0.6) is 0 Å². The number of amides is 1. The Bertz CT molecular complexity index is 805. The van der Waals surface area contributed by atoms with Gasteiger partial charge in [-0.2, -0.15) is 5.26 Å². The number of hydrogen-bond acceptors (Lipinski definition) is 5. The van der Waals surface area contributed by atoms with Crippen molar-refractivity contribution < 1.29 is 4.79 Å². The van der Waals surface area contributed by atoms with Gasteiger partial charge in [0.1, 0.15) is 0 Å². The van der Waals surface area contributed by atoms with Gasteiger partial charge in [0.15, 0.2) is 5.16 Å². The van der Waals surface area contributed by atoms with Gasteiger partial charge in [0.05, 0.1) is 16.9 Å². The molecule has 0 aliphatic carbocycles. The summed E-state index contributed by atoms with van der Waals surface area (Å²) >= 11 is 1.22. The average molecular weight is 345 g/mol. The number of nitriles is 1. The van der Waals surface area contributed by atoms with E-state index >= 15 is 0 Å². The Labute approximate surface area is 144 Å². The molecule has 0 fully saturated rings. The molecule has 0 radical (unpaired) electrons. The molecule has 1 atom stereocenters. The Balaban J connectivity index is 2.04. The number of nitrogens with zero attached hydrogens (tertiary/aromatic N) is 3. The zero-order chi connectivity index (χ0) is 17.5. The molecule has 7 nitrogen and oxygen atoms in total. The molecule has 0 aliphatic heterocycles. The highest BCUT2D eigenvalue weighted by Crippen LogP contribution is 2.21. The van der Waals surface area contributed by atoms with Gasteiger partial charge in [0, 0.05) is 12.2 Å². The molecule has 8 heteroatoms. The van der Waals surface area contributed by atoms with Crippen LogP contribution in [-0.4, -0.2) is 25.9 Å². The molecule has 0 saturated heterocycles. The van der Waals surface area contributed by atoms with Crippen molar-refractivity contribution in [3.8, 4) is 6.07 Å². The quantitative estimate of drug-likeness (QED) is 0.750. The van der Waals surface area contributed by atoms with Gasteiger partial charge in [-0.3, -0.25) is 9.36 Å². The van der Waals surface area contributed by atoms with Gasteiger partial charge >= 0.3 is 5.69 Å². The molecule has 0 spiro atoms. The number of benzene rings is 1. The minimum Gasteiger partial charge on any atom is -0.325 e. The number of rotatable bonds is 7. The van der Waals surface area contributed by atoms with E-state index in [-0.39, 0.29) is 11.6 Å². The van der Waals surface area contributed by atoms with E-state index in [1.807, 2.05) is 13.0 Å². The van der Waals surface area contributed by atoms with Crippen molar-refractivity contribution >= 4 is 23.4 Å². The van der Waals surface area contributed by atoms with Crippen LogP contribution < -0.4 is 11.0 Å². The Hall–Kier alpha value is -2.53. The van der Waals surface area contributed by atoms with Crippen LogP contribution in [0.3, 0.4) is 0 Å². The van der Waals surface area contributed by atoms with Crippen molar-refractivity contribution in [2.24, 2.45) is 0 Å². The average Bonchev–Trinajstić information content (AvgIpc) is 2.92. The van der Waals surface area contributed by atoms with Crippen LogP contribution in [0.2, 0.25) is 0 Å². The molecular formula is C16H19N5O2S. The third kappa shape index (κ3) is 4.49. The SMILES string of the molecule is CCCCn1c(S[C@H](C)C(=O)Nc2cccc(C#N)c2)n[nH]c1=O. The Morgan fingerprint density at radius 1 is 1.54 bits per heavy atom. The molecule has 0 saturated carbocycles. The summed E-state index contributed by atoms with van der Waals surface area (Å²) in [7, 11) is 0. The first kappa shape index (κ1) is 17.8. The van der Waals surface area contributed by atoms with E-state index in [1.165, 1.54) is 11.8 Å². The number of unbranched alkanes of at least 4 members (excludes halogenated alkanes) is 1. The topological polar surface area (TPSA) is 104 Å². The summed E-state index contributed by atoms with van der Waals surface area (Å²) in [5.74, 6) is -0.215. The highest BCUT2D eigenvalue weighted by atomic mass is 32.2. The molecule has 0 aliphatic rings. The smallest absolute Gasteiger partial charge is 0.325 e. The van der Waals surface area contributed by atoms with Crippen molar-refractivity contribution in [2.45, 2.75) is 43.6 Å². The number of anilines is 1. The highest BCUT2D eigenvalue weighted by molar-refractivity contribution is 8.00. The molecule has 2 aromatic rings. The highest BCUT2D eigenvalue weighted by Gasteiger charge is 2.19. The zero-order valence-corrected chi connectivity index (χ0v) is 14.4. The second kappa shape index (κ2) is 8.36. The van der Waals surface area contributed by atoms with Crippen molar-refractivity contribution in [1.29, 1.82) is 5.26 Å². The third-order valence-electron chi connectivity index (χ3n) is 3.37. The Kier molecular flexibility index (Phi) is 6.21. The maximum Gasteiger partial charge on any atom is 0.343 e. The van der Waals surface area contributed by atoms with Crippen LogP contribution in [0.25, 0.3) is 0 Å². The van der Waals surface area contributed by atoms with E-state index in [4.69, 9.17) is 5.26 Å². The summed E-state index contributed by atoms with van der Waals surface area (Å²) in [5, 5.41) is 18.1. The van der Waals surface area contributed by atoms with E-state index in [0.717, 1.165) is 12.8 Å². The lowest BCUT2D eigenvalue weighted by Gasteiger charge is -2.12. The molecule has 1 heterocycles. The maximum atomic E-state index is 12.3. The van der Waals surface area contributed by atoms with Crippen LogP contribution in [0.15, 0.2) is 34.2 Å². The summed E-state index contributed by atoms with van der Waals surface area (Å²) in [6.45, 7) is 4.37. The van der Waals surface area contributed by atoms with Gasteiger partial charge < -0.3 is 5.32 Å². The van der Waals surface area contributed by atoms with Gasteiger partial charge in [0.25, 0.3) is 0 Å². The molecule has 2 N–H and O–H groups in total. The minimum absolute atomic E-state index is 0.215. The fourth-order valence-corrected chi connectivity index (χ4v) is 2.91. The lowest BCUT2D eigenvalue weighted by atomic mass is 10.2. The first-order chi connectivity index (χ1) is 11.5. The van der Waals surface area contributed by atoms with Crippen molar-refractivity contribution in [3.05, 3.63) is 40.3 Å². The zero-order valence-electron chi connectivity index (χ0n) is 13.6. The largest absolute Gasteiger partial charge is 0.343 e. The van der Waals surface area contributed by atoms with E-state index < -0.39 is 5.25 Å². The summed E-state index contributed by atoms with van der Waals surface area (Å²) in [6.07, 6.45) is 1.83. The predicted molar refractivity (Wildman–Crippen MR) is 92.9 cm³/mol. The normalized spacial score (nSPS) is 11.7. The monoisotopic (exact) mass is 345 g/mol. The number of aromatic amines is 1. The molecule has 126 valence electrons. The van der Waals surface area contributed by atoms with Gasteiger partial charge in [-0.25, -0.2) is 9.89 Å². The van der Waals surface area contributed by atoms with Crippen LogP contribution in [0.4, 0.5) is 5.69 Å². The van der Waals surface area contributed by atoms with Gasteiger partial charge in [-0.15, -0.1) is 5.10 Å². The Morgan fingerprint density at radius 3 is 3.04 bits per heavy atom. The number of carbonyl (C=O) groups excluding carboxylic acids is 1. The third-order valence-corrected chi connectivity index (χ3v) is 4.46. The molecule has 2 rings (SSSR count). The predicted octanol–water partition coefficient (Wildman–Crippen LogP) is 2.36. The summed E-state index contributed by atoms with van der Waals surface area (Å²) in [6, 6.07) is 8.75. The summed E-state index contributed by atoms with van der Waals surface area (Å²) in [5.41, 5.74) is 0.783. The summed E-state index contributed by atoms with van der Waals surface area (Å²) in [4.78, 5) is 24.1. The molecule has 1 amide bonds. The van der Waals surface area contributed by atoms with E-state index in [9.17, 15) is 9.59 Å². The molecule has 0 bridgehead atoms. The van der Waals surface area contributed by atoms with Gasteiger partial charge in [-0.1, -0.05) is 31.2 Å². The fraction of sp³-hybridized carbons (Fsp3) is 0.375. The second-order valence-corrected chi connectivity index (χ2v) is 6.57. The number of hydrogen-bond donors (Lipinski definition) is 2. The van der Waals surface area contributed by atoms with E-state index in [2.05, 4.69) is 15.5 Å². The number of nitrogens with one attached hydrogen (secondary N) is 2. The molecular weight excluding hydrogens is 326 g/mol. The van der Waals surface area contributed by atoms with Crippen LogP contribution in [-0.2, 0) is 11.3 Å². The fourth-order valence-electron chi connectivity index (χ4n) is 2.03. The van der Waals surface area contributed by atoms with Gasteiger partial charge in [-0.05, 0) is 31.5 Å². The van der Waals surface area contributed by atoms with E-state index in [1.54, 1.807) is 35.8 Å². The van der Waals surface area contributed by atoms with Crippen LogP contribution >= 0.6 is 11.8 Å². The van der Waals surface area contributed by atoms with Crippen molar-refractivity contribution in [3.63, 3.8) is 0 Å². The molecule has 0 unspecified atom stereocenters. The number of aromatic nitrogens is 3. The minimum atomic E-state index is -0.439. The van der Waals surface area contributed by atoms with Crippen molar-refractivity contribution in [2.75, 3.05) is 5.32 Å². The number of H-pyrrole nitrogens is 1. The van der Waals surface area contributed by atoms with Crippen molar-refractivity contribution in [1.82, 2.24) is 14.8 Å². The summed E-state index contributed by atoms with van der Waals surface area (Å²) < 4.78 is 1.55. The molecule has 1 aromatic heterocycles. The molecule has 24 heavy (non-hydrogen) atoms. The lowest BCUT2D eigenvalue weighted by molar-refractivity contribution is -0.115. The molecule has 1 aromatic carbocycles. The first-order valence-corrected chi connectivity index (χ1v) is 8.56. The van der Waals surface area contributed by atoms with Crippen LogP contribution in [0, 0.1) is 11.3 Å². The van der Waals surface area contributed by atoms with Crippen LogP contribution in [0.1, 0.15) is 32.3 Å². The first-order valence-electron chi connectivity index (χ1n) is 7.68. The maximum absolute atomic E-state index is 12.3. The number of carbonyl (C=O) groups is 1. The Morgan fingerprint density at radius 2 is 2.33 bits per heavy atom. The van der Waals surface area contributed by atoms with E-state index in [0.29, 0.717) is 23.0 Å². The lowest BCUT2D eigenvalue weighted by Crippen LogP contribution is -2.24. The van der Waals surface area contributed by atoms with Gasteiger partial charge in [0.2, 0.25) is 5.91 Å². The number of thioether (sulfide) groups is 1. The standard InChI is InChI=1S/C16H19N5O2S/c1-3-4-8-21-15(23)19-20-16(21)24-11(2)14(22)18-13-7-5-6-12(9-13)10-17/h5-7,9,11H,3-4,8H2,1-2H3,(H,18,22)(H,19,23)/t11-/m1/s1. The second-order valence-electron chi connectivity index (χ2n) is 5.26.